The highest BCUT2D eigenvalue weighted by Gasteiger charge is 2.33. The molecule has 0 saturated carbocycles. The zero-order valence-electron chi connectivity index (χ0n) is 9.63. The standard InChI is InChI=1S/C12H14N4O/c1-8-15-12(17-16-8)11-7-14-6-10(11)9-3-2-4-13-5-9/h2-5,10-11,14H,6-7H2,1H3/t10-,11+/m0/s1. The van der Waals surface area contributed by atoms with Crippen LogP contribution in [-0.2, 0) is 0 Å². The molecule has 0 spiro atoms. The second-order valence-corrected chi connectivity index (χ2v) is 4.34. The van der Waals surface area contributed by atoms with Crippen molar-refractivity contribution in [2.24, 2.45) is 0 Å². The third-order valence-electron chi connectivity index (χ3n) is 3.19. The Kier molecular flexibility index (Phi) is 2.60. The molecule has 5 nitrogen and oxygen atoms in total. The van der Waals surface area contributed by atoms with E-state index in [0.717, 1.165) is 19.0 Å². The van der Waals surface area contributed by atoms with Crippen molar-refractivity contribution in [3.63, 3.8) is 0 Å². The van der Waals surface area contributed by atoms with Gasteiger partial charge >= 0.3 is 0 Å². The monoisotopic (exact) mass is 230 g/mol. The minimum absolute atomic E-state index is 0.250. The largest absolute Gasteiger partial charge is 0.339 e. The lowest BCUT2D eigenvalue weighted by Crippen LogP contribution is -2.09. The number of nitrogens with zero attached hydrogens (tertiary/aromatic N) is 3. The van der Waals surface area contributed by atoms with E-state index in [1.165, 1.54) is 5.56 Å². The molecule has 1 fully saturated rings. The SMILES string of the molecule is Cc1noc([C@@H]2CNC[C@H]2c2cccnc2)n1. The molecular weight excluding hydrogens is 216 g/mol. The molecule has 2 aromatic heterocycles. The van der Waals surface area contributed by atoms with Crippen molar-refractivity contribution in [1.82, 2.24) is 20.4 Å². The van der Waals surface area contributed by atoms with Gasteiger partial charge in [-0.2, -0.15) is 4.98 Å². The van der Waals surface area contributed by atoms with Gasteiger partial charge in [0.2, 0.25) is 5.89 Å². The molecular formula is C12H14N4O. The summed E-state index contributed by atoms with van der Waals surface area (Å²) in [6.45, 7) is 3.65. The number of rotatable bonds is 2. The van der Waals surface area contributed by atoms with E-state index in [1.807, 2.05) is 19.2 Å². The van der Waals surface area contributed by atoms with E-state index in [9.17, 15) is 0 Å². The van der Waals surface area contributed by atoms with Crippen molar-refractivity contribution in [3.8, 4) is 0 Å². The van der Waals surface area contributed by atoms with E-state index < -0.39 is 0 Å². The molecule has 1 N–H and O–H groups in total. The van der Waals surface area contributed by atoms with Crippen LogP contribution in [0.15, 0.2) is 29.0 Å². The summed E-state index contributed by atoms with van der Waals surface area (Å²) < 4.78 is 5.28. The number of aryl methyl sites for hydroxylation is 1. The van der Waals surface area contributed by atoms with E-state index >= 15 is 0 Å². The summed E-state index contributed by atoms with van der Waals surface area (Å²) in [6, 6.07) is 4.06. The molecule has 2 aromatic rings. The van der Waals surface area contributed by atoms with Gasteiger partial charge < -0.3 is 9.84 Å². The molecule has 5 heteroatoms. The van der Waals surface area contributed by atoms with Gasteiger partial charge in [-0.1, -0.05) is 11.2 Å². The Bertz CT molecular complexity index is 496. The van der Waals surface area contributed by atoms with Crippen molar-refractivity contribution in [3.05, 3.63) is 41.8 Å². The van der Waals surface area contributed by atoms with E-state index in [4.69, 9.17) is 4.52 Å². The Hall–Kier alpha value is -1.75. The Labute approximate surface area is 99.3 Å². The summed E-state index contributed by atoms with van der Waals surface area (Å²) in [5.74, 6) is 2.03. The molecule has 1 aliphatic heterocycles. The first-order valence-electron chi connectivity index (χ1n) is 5.75. The van der Waals surface area contributed by atoms with Crippen LogP contribution in [0, 0.1) is 6.92 Å². The highest BCUT2D eigenvalue weighted by atomic mass is 16.5. The quantitative estimate of drug-likeness (QED) is 0.841. The van der Waals surface area contributed by atoms with Crippen LogP contribution in [-0.4, -0.2) is 28.2 Å². The second-order valence-electron chi connectivity index (χ2n) is 4.34. The maximum absolute atomic E-state index is 5.28. The van der Waals surface area contributed by atoms with Crippen molar-refractivity contribution >= 4 is 0 Å². The zero-order chi connectivity index (χ0) is 11.7. The summed E-state index contributed by atoms with van der Waals surface area (Å²) in [4.78, 5) is 8.50. The molecule has 0 unspecified atom stereocenters. The molecule has 3 heterocycles. The first kappa shape index (κ1) is 10.4. The lowest BCUT2D eigenvalue weighted by Gasteiger charge is -2.14. The van der Waals surface area contributed by atoms with Crippen LogP contribution in [0.25, 0.3) is 0 Å². The van der Waals surface area contributed by atoms with Gasteiger partial charge in [-0.05, 0) is 18.6 Å². The van der Waals surface area contributed by atoms with Gasteiger partial charge in [0.25, 0.3) is 0 Å². The van der Waals surface area contributed by atoms with Gasteiger partial charge in [-0.25, -0.2) is 0 Å². The third kappa shape index (κ3) is 1.93. The Morgan fingerprint density at radius 1 is 1.35 bits per heavy atom. The predicted octanol–water partition coefficient (Wildman–Crippen LogP) is 1.24. The molecule has 0 aliphatic carbocycles. The molecule has 17 heavy (non-hydrogen) atoms. The Morgan fingerprint density at radius 3 is 2.94 bits per heavy atom. The molecule has 0 amide bonds. The first-order valence-corrected chi connectivity index (χ1v) is 5.75. The molecule has 3 rings (SSSR count). The summed E-state index contributed by atoms with van der Waals surface area (Å²) >= 11 is 0. The minimum atomic E-state index is 0.250. The Balaban J connectivity index is 1.90. The van der Waals surface area contributed by atoms with Crippen LogP contribution >= 0.6 is 0 Å². The average Bonchev–Trinajstić information content (AvgIpc) is 2.98. The highest BCUT2D eigenvalue weighted by molar-refractivity contribution is 5.22. The van der Waals surface area contributed by atoms with Gasteiger partial charge in [0, 0.05) is 31.4 Å². The van der Waals surface area contributed by atoms with Crippen molar-refractivity contribution in [2.75, 3.05) is 13.1 Å². The van der Waals surface area contributed by atoms with E-state index in [2.05, 4.69) is 26.5 Å². The Morgan fingerprint density at radius 2 is 2.24 bits per heavy atom. The number of nitrogens with one attached hydrogen (secondary N) is 1. The van der Waals surface area contributed by atoms with Gasteiger partial charge in [-0.3, -0.25) is 4.98 Å². The summed E-state index contributed by atoms with van der Waals surface area (Å²) in [7, 11) is 0. The fraction of sp³-hybridized carbons (Fsp3) is 0.417. The topological polar surface area (TPSA) is 63.8 Å². The van der Waals surface area contributed by atoms with Crippen LogP contribution in [0.3, 0.4) is 0 Å². The summed E-state index contributed by atoms with van der Waals surface area (Å²) in [5.41, 5.74) is 1.22. The van der Waals surface area contributed by atoms with Crippen molar-refractivity contribution in [2.45, 2.75) is 18.8 Å². The predicted molar refractivity (Wildman–Crippen MR) is 61.6 cm³/mol. The fourth-order valence-electron chi connectivity index (χ4n) is 2.35. The molecule has 0 aromatic carbocycles. The van der Waals surface area contributed by atoms with Gasteiger partial charge in [0.15, 0.2) is 5.82 Å². The van der Waals surface area contributed by atoms with Crippen LogP contribution < -0.4 is 5.32 Å². The summed E-state index contributed by atoms with van der Waals surface area (Å²) in [6.07, 6.45) is 3.70. The third-order valence-corrected chi connectivity index (χ3v) is 3.19. The fourth-order valence-corrected chi connectivity index (χ4v) is 2.35. The second kappa shape index (κ2) is 4.25. The molecule has 0 radical (unpaired) electrons. The van der Waals surface area contributed by atoms with Crippen LogP contribution in [0.5, 0.6) is 0 Å². The number of pyridine rings is 1. The number of hydrogen-bond donors (Lipinski definition) is 1. The normalized spacial score (nSPS) is 24.1. The van der Waals surface area contributed by atoms with Gasteiger partial charge in [0.05, 0.1) is 5.92 Å². The lowest BCUT2D eigenvalue weighted by atomic mass is 9.90. The molecule has 2 atom stereocenters. The van der Waals surface area contributed by atoms with Crippen LogP contribution in [0.2, 0.25) is 0 Å². The van der Waals surface area contributed by atoms with E-state index in [-0.39, 0.29) is 5.92 Å². The lowest BCUT2D eigenvalue weighted by molar-refractivity contribution is 0.348. The van der Waals surface area contributed by atoms with Gasteiger partial charge in [-0.15, -0.1) is 0 Å². The summed E-state index contributed by atoms with van der Waals surface area (Å²) in [5, 5.41) is 7.23. The number of hydrogen-bond acceptors (Lipinski definition) is 5. The zero-order valence-corrected chi connectivity index (χ0v) is 9.63. The minimum Gasteiger partial charge on any atom is -0.339 e. The number of aromatic nitrogens is 3. The molecule has 1 aliphatic rings. The maximum atomic E-state index is 5.28. The first-order chi connectivity index (χ1) is 8.34. The highest BCUT2D eigenvalue weighted by Crippen LogP contribution is 2.34. The van der Waals surface area contributed by atoms with E-state index in [0.29, 0.717) is 11.7 Å². The molecule has 1 saturated heterocycles. The molecule has 0 bridgehead atoms. The smallest absolute Gasteiger partial charge is 0.231 e. The van der Waals surface area contributed by atoms with Crippen LogP contribution in [0.1, 0.15) is 29.1 Å². The van der Waals surface area contributed by atoms with Crippen LogP contribution in [0.4, 0.5) is 0 Å². The average molecular weight is 230 g/mol. The van der Waals surface area contributed by atoms with Crippen molar-refractivity contribution < 1.29 is 4.52 Å². The van der Waals surface area contributed by atoms with Gasteiger partial charge in [0.1, 0.15) is 0 Å². The maximum Gasteiger partial charge on any atom is 0.231 e. The van der Waals surface area contributed by atoms with Crippen molar-refractivity contribution in [1.29, 1.82) is 0 Å². The molecule has 88 valence electrons. The van der Waals surface area contributed by atoms with E-state index in [1.54, 1.807) is 6.20 Å².